The van der Waals surface area contributed by atoms with E-state index in [1.165, 1.54) is 38.8 Å². The number of carbonyl (C=O) groups excluding carboxylic acids is 1. The third-order valence-electron chi connectivity index (χ3n) is 5.32. The molecule has 2 aliphatic heterocycles. The topological polar surface area (TPSA) is 66.9 Å². The van der Waals surface area contributed by atoms with Gasteiger partial charge in [-0.05, 0) is 39.8 Å². The van der Waals surface area contributed by atoms with Crippen molar-refractivity contribution in [3.8, 4) is 0 Å². The van der Waals surface area contributed by atoms with Gasteiger partial charge in [-0.15, -0.1) is 0 Å². The Labute approximate surface area is 141 Å². The zero-order chi connectivity index (χ0) is 16.7. The van der Waals surface area contributed by atoms with E-state index < -0.39 is 5.54 Å². The zero-order valence-corrected chi connectivity index (χ0v) is 14.5. The van der Waals surface area contributed by atoms with Gasteiger partial charge < -0.3 is 4.90 Å². The first-order valence-corrected chi connectivity index (χ1v) is 8.88. The van der Waals surface area contributed by atoms with Crippen LogP contribution in [0.5, 0.6) is 0 Å². The molecule has 0 atom stereocenters. The highest BCUT2D eigenvalue weighted by Crippen LogP contribution is 2.26. The Hall–Kier alpha value is -2.02. The monoisotopic (exact) mass is 329 g/mol. The number of nitrogens with one attached hydrogen (secondary N) is 1. The van der Waals surface area contributed by atoms with E-state index >= 15 is 0 Å². The number of amides is 1. The number of anilines is 1. The summed E-state index contributed by atoms with van der Waals surface area (Å²) in [6.07, 6.45) is 8.86. The van der Waals surface area contributed by atoms with Crippen LogP contribution in [-0.2, 0) is 16.9 Å². The second-order valence-corrected chi connectivity index (χ2v) is 7.34. The minimum absolute atomic E-state index is 0.00545. The average Bonchev–Trinajstić information content (AvgIpc) is 2.93. The van der Waals surface area contributed by atoms with E-state index in [0.29, 0.717) is 0 Å². The molecule has 0 spiro atoms. The molecule has 1 saturated heterocycles. The van der Waals surface area contributed by atoms with Gasteiger partial charge >= 0.3 is 5.91 Å². The van der Waals surface area contributed by atoms with Gasteiger partial charge in [0.05, 0.1) is 12.7 Å². The molecule has 1 fully saturated rings. The van der Waals surface area contributed by atoms with Crippen molar-refractivity contribution in [2.24, 2.45) is 0 Å². The fourth-order valence-electron chi connectivity index (χ4n) is 3.66. The Kier molecular flexibility index (Phi) is 3.75. The molecule has 4 heterocycles. The van der Waals surface area contributed by atoms with Gasteiger partial charge in [0, 0.05) is 6.54 Å². The Bertz CT molecular complexity index is 773. The molecule has 1 amide bonds. The zero-order valence-electron chi connectivity index (χ0n) is 14.5. The number of fused-ring (bicyclic) bond motifs is 3. The Balaban J connectivity index is 1.58. The van der Waals surface area contributed by atoms with Crippen LogP contribution in [0.2, 0.25) is 0 Å². The van der Waals surface area contributed by atoms with Gasteiger partial charge in [0.1, 0.15) is 5.39 Å². The Morgan fingerprint density at radius 3 is 2.71 bits per heavy atom. The lowest BCUT2D eigenvalue weighted by molar-refractivity contribution is -0.723. The summed E-state index contributed by atoms with van der Waals surface area (Å²) in [5, 5.41) is 8.40. The first kappa shape index (κ1) is 15.5. The number of aromatic nitrogens is 4. The number of nitrogens with zero attached hydrogens (tertiary/aromatic N) is 5. The lowest BCUT2D eigenvalue weighted by atomic mass is 10.1. The minimum Gasteiger partial charge on any atom is -0.301 e. The van der Waals surface area contributed by atoms with Crippen LogP contribution >= 0.6 is 0 Å². The van der Waals surface area contributed by atoms with Crippen LogP contribution in [0.4, 0.5) is 5.82 Å². The Morgan fingerprint density at radius 2 is 1.96 bits per heavy atom. The molecule has 0 unspecified atom stereocenters. The molecule has 0 saturated carbocycles. The van der Waals surface area contributed by atoms with Crippen molar-refractivity contribution in [1.82, 2.24) is 19.7 Å². The molecule has 7 nitrogen and oxygen atoms in total. The molecule has 1 N–H and O–H groups in total. The molecule has 0 bridgehead atoms. The lowest BCUT2D eigenvalue weighted by Gasteiger charge is -2.19. The molecule has 2 aliphatic rings. The fourth-order valence-corrected chi connectivity index (χ4v) is 3.66. The van der Waals surface area contributed by atoms with Crippen LogP contribution in [0.1, 0.15) is 39.5 Å². The molecule has 0 aromatic carbocycles. The van der Waals surface area contributed by atoms with Crippen LogP contribution in [0.15, 0.2) is 12.5 Å². The van der Waals surface area contributed by atoms with Gasteiger partial charge in [-0.25, -0.2) is 14.6 Å². The summed E-state index contributed by atoms with van der Waals surface area (Å²) >= 11 is 0. The van der Waals surface area contributed by atoms with E-state index in [2.05, 4.69) is 20.3 Å². The van der Waals surface area contributed by atoms with Crippen LogP contribution < -0.4 is 9.88 Å². The summed E-state index contributed by atoms with van der Waals surface area (Å²) in [4.78, 5) is 19.3. The molecule has 4 rings (SSSR count). The van der Waals surface area contributed by atoms with E-state index in [9.17, 15) is 4.79 Å². The standard InChI is InChI=1S/C17H24N6O/c1-17(2)16(24)20-15-13-11-19-23(14(13)18-12-22(15)17)10-9-21-7-5-3-4-6-8-21/h11-12H,3-10H2,1-2H3/p+1. The van der Waals surface area contributed by atoms with Crippen molar-refractivity contribution >= 4 is 22.8 Å². The van der Waals surface area contributed by atoms with Gasteiger partial charge in [-0.2, -0.15) is 5.10 Å². The van der Waals surface area contributed by atoms with Crippen molar-refractivity contribution < 1.29 is 9.36 Å². The molecule has 128 valence electrons. The van der Waals surface area contributed by atoms with E-state index in [1.807, 2.05) is 29.3 Å². The van der Waals surface area contributed by atoms with Crippen molar-refractivity contribution in [3.05, 3.63) is 12.5 Å². The van der Waals surface area contributed by atoms with Crippen molar-refractivity contribution in [2.75, 3.05) is 25.0 Å². The van der Waals surface area contributed by atoms with E-state index in [0.717, 1.165) is 29.9 Å². The predicted molar refractivity (Wildman–Crippen MR) is 90.6 cm³/mol. The normalized spacial score (nSPS) is 20.8. The van der Waals surface area contributed by atoms with Crippen LogP contribution in [0.3, 0.4) is 0 Å². The molecule has 7 heteroatoms. The van der Waals surface area contributed by atoms with E-state index in [1.54, 1.807) is 6.33 Å². The predicted octanol–water partition coefficient (Wildman–Crippen LogP) is 1.28. The van der Waals surface area contributed by atoms with Gasteiger partial charge in [0.25, 0.3) is 0 Å². The van der Waals surface area contributed by atoms with Crippen molar-refractivity contribution in [1.29, 1.82) is 0 Å². The summed E-state index contributed by atoms with van der Waals surface area (Å²) < 4.78 is 3.86. The summed E-state index contributed by atoms with van der Waals surface area (Å²) in [5.41, 5.74) is 0.235. The van der Waals surface area contributed by atoms with Crippen molar-refractivity contribution in [2.45, 2.75) is 51.6 Å². The molecule has 2 aromatic heterocycles. The first-order valence-electron chi connectivity index (χ1n) is 8.88. The van der Waals surface area contributed by atoms with Crippen LogP contribution in [-0.4, -0.2) is 45.2 Å². The molecule has 0 radical (unpaired) electrons. The number of carbonyl (C=O) groups is 1. The highest BCUT2D eigenvalue weighted by molar-refractivity contribution is 6.02. The van der Waals surface area contributed by atoms with Gasteiger partial charge in [-0.3, -0.25) is 4.79 Å². The maximum absolute atomic E-state index is 12.2. The molecule has 2 aromatic rings. The summed E-state index contributed by atoms with van der Waals surface area (Å²) in [6.45, 7) is 7.99. The summed E-state index contributed by atoms with van der Waals surface area (Å²) in [7, 11) is 0. The van der Waals surface area contributed by atoms with Crippen molar-refractivity contribution in [3.63, 3.8) is 0 Å². The number of likely N-dealkylation sites (tertiary alicyclic amines) is 1. The number of hydrogen-bond donors (Lipinski definition) is 1. The molecule has 0 aliphatic carbocycles. The largest absolute Gasteiger partial charge is 0.320 e. The summed E-state index contributed by atoms with van der Waals surface area (Å²) in [5.74, 6) is 0.796. The highest BCUT2D eigenvalue weighted by Gasteiger charge is 2.45. The van der Waals surface area contributed by atoms with E-state index in [4.69, 9.17) is 0 Å². The SMILES string of the molecule is CC1(C)C(=O)Nc2c3cnn(CCN4CCCCCC4)c3nc[n+]21. The Morgan fingerprint density at radius 1 is 1.21 bits per heavy atom. The van der Waals surface area contributed by atoms with Gasteiger partial charge in [-0.1, -0.05) is 17.8 Å². The summed E-state index contributed by atoms with van der Waals surface area (Å²) in [6, 6.07) is 0. The first-order chi connectivity index (χ1) is 11.6. The quantitative estimate of drug-likeness (QED) is 0.862. The van der Waals surface area contributed by atoms with Crippen LogP contribution in [0, 0.1) is 0 Å². The van der Waals surface area contributed by atoms with Gasteiger partial charge in [0.15, 0.2) is 5.54 Å². The smallest absolute Gasteiger partial charge is 0.301 e. The number of rotatable bonds is 3. The van der Waals surface area contributed by atoms with Gasteiger partial charge in [0.2, 0.25) is 17.8 Å². The maximum atomic E-state index is 12.2. The molecular weight excluding hydrogens is 304 g/mol. The molecule has 24 heavy (non-hydrogen) atoms. The second-order valence-electron chi connectivity index (χ2n) is 7.34. The third-order valence-corrected chi connectivity index (χ3v) is 5.32. The second kappa shape index (κ2) is 5.81. The van der Waals surface area contributed by atoms with Crippen LogP contribution in [0.25, 0.3) is 11.0 Å². The lowest BCUT2D eigenvalue weighted by Crippen LogP contribution is -2.52. The number of hydrogen-bond acceptors (Lipinski definition) is 4. The highest BCUT2D eigenvalue weighted by atomic mass is 16.2. The van der Waals surface area contributed by atoms with E-state index in [-0.39, 0.29) is 5.91 Å². The maximum Gasteiger partial charge on any atom is 0.320 e. The molecular formula is C17H25N6O+. The fraction of sp³-hybridized carbons (Fsp3) is 0.647. The third kappa shape index (κ3) is 2.47. The average molecular weight is 329 g/mol. The minimum atomic E-state index is -0.606.